The van der Waals surface area contributed by atoms with Gasteiger partial charge in [0.1, 0.15) is 5.82 Å². The van der Waals surface area contributed by atoms with Crippen molar-refractivity contribution in [1.82, 2.24) is 9.55 Å². The number of amides is 1. The van der Waals surface area contributed by atoms with Crippen molar-refractivity contribution in [1.29, 1.82) is 0 Å². The molecule has 3 aromatic rings. The van der Waals surface area contributed by atoms with Crippen LogP contribution in [0.15, 0.2) is 48.5 Å². The van der Waals surface area contributed by atoms with Gasteiger partial charge in [0.25, 0.3) is 0 Å². The van der Waals surface area contributed by atoms with Crippen LogP contribution in [0.2, 0.25) is 0 Å². The third kappa shape index (κ3) is 3.48. The average Bonchev–Trinajstić information content (AvgIpc) is 2.82. The third-order valence-electron chi connectivity index (χ3n) is 5.01. The van der Waals surface area contributed by atoms with Gasteiger partial charge in [-0.05, 0) is 43.0 Å². The van der Waals surface area contributed by atoms with Crippen molar-refractivity contribution in [2.24, 2.45) is 5.73 Å². The van der Waals surface area contributed by atoms with Gasteiger partial charge in [-0.25, -0.2) is 4.98 Å². The molecule has 0 spiro atoms. The summed E-state index contributed by atoms with van der Waals surface area (Å²) in [4.78, 5) is 17.2. The van der Waals surface area contributed by atoms with E-state index in [4.69, 9.17) is 10.7 Å². The zero-order valence-electron chi connectivity index (χ0n) is 14.8. The minimum Gasteiger partial charge on any atom is -0.328 e. The van der Waals surface area contributed by atoms with Gasteiger partial charge in [0.15, 0.2) is 0 Å². The van der Waals surface area contributed by atoms with Gasteiger partial charge >= 0.3 is 0 Å². The maximum atomic E-state index is 12.4. The van der Waals surface area contributed by atoms with Gasteiger partial charge in [0, 0.05) is 18.7 Å². The van der Waals surface area contributed by atoms with Gasteiger partial charge in [-0.15, -0.1) is 0 Å². The number of imidazole rings is 1. The molecule has 1 amide bonds. The number of hydrogen-bond acceptors (Lipinski definition) is 3. The number of nitrogens with two attached hydrogens (primary N) is 1. The summed E-state index contributed by atoms with van der Waals surface area (Å²) >= 11 is 0. The summed E-state index contributed by atoms with van der Waals surface area (Å²) in [6, 6.07) is 15.2. The maximum Gasteiger partial charge on any atom is 0.241 e. The van der Waals surface area contributed by atoms with Gasteiger partial charge in [-0.3, -0.25) is 4.79 Å². The lowest BCUT2D eigenvalue weighted by Crippen LogP contribution is -2.37. The molecular weight excluding hydrogens is 324 g/mol. The van der Waals surface area contributed by atoms with Crippen molar-refractivity contribution < 1.29 is 4.79 Å². The Balaban J connectivity index is 1.49. The second-order valence-corrected chi connectivity index (χ2v) is 6.98. The molecule has 1 unspecified atom stereocenters. The molecule has 1 aromatic heterocycles. The second kappa shape index (κ2) is 7.30. The standard InChI is InChI=1S/C21H24N4O/c22-17(13-15-7-3-1-4-8-15)21(26)23-16-10-11-19-18(14-16)24-20-9-5-2-6-12-25(19)20/h1,3-4,7-8,10-11,14,17H,2,5-6,9,12-13,22H2,(H,23,26). The van der Waals surface area contributed by atoms with Crippen molar-refractivity contribution in [2.75, 3.05) is 5.32 Å². The van der Waals surface area contributed by atoms with Crippen molar-refractivity contribution in [3.05, 3.63) is 59.9 Å². The van der Waals surface area contributed by atoms with E-state index in [-0.39, 0.29) is 5.91 Å². The Morgan fingerprint density at radius 2 is 2.00 bits per heavy atom. The first kappa shape index (κ1) is 16.8. The average molecular weight is 348 g/mol. The summed E-state index contributed by atoms with van der Waals surface area (Å²) in [5.74, 6) is 0.982. The molecule has 1 atom stereocenters. The molecule has 0 fully saturated rings. The molecule has 0 aliphatic carbocycles. The van der Waals surface area contributed by atoms with Gasteiger partial charge in [0.2, 0.25) is 5.91 Å². The number of hydrogen-bond donors (Lipinski definition) is 2. The molecular formula is C21H24N4O. The summed E-state index contributed by atoms with van der Waals surface area (Å²) in [6.45, 7) is 1.03. The predicted molar refractivity (Wildman–Crippen MR) is 104 cm³/mol. The molecule has 134 valence electrons. The Hall–Kier alpha value is -2.66. The van der Waals surface area contributed by atoms with Crippen LogP contribution in [0, 0.1) is 0 Å². The fourth-order valence-electron chi connectivity index (χ4n) is 3.62. The first-order chi connectivity index (χ1) is 12.7. The van der Waals surface area contributed by atoms with Crippen LogP contribution in [0.5, 0.6) is 0 Å². The van der Waals surface area contributed by atoms with E-state index < -0.39 is 6.04 Å². The summed E-state index contributed by atoms with van der Waals surface area (Å²) in [5, 5.41) is 2.93. The van der Waals surface area contributed by atoms with Crippen LogP contribution < -0.4 is 11.1 Å². The van der Waals surface area contributed by atoms with E-state index in [9.17, 15) is 4.79 Å². The molecule has 5 nitrogen and oxygen atoms in total. The summed E-state index contributed by atoms with van der Waals surface area (Å²) in [6.07, 6.45) is 5.21. The van der Waals surface area contributed by atoms with Crippen LogP contribution in [-0.4, -0.2) is 21.5 Å². The zero-order valence-corrected chi connectivity index (χ0v) is 14.8. The largest absolute Gasteiger partial charge is 0.328 e. The van der Waals surface area contributed by atoms with E-state index in [1.165, 1.54) is 19.3 Å². The monoisotopic (exact) mass is 348 g/mol. The van der Waals surface area contributed by atoms with E-state index in [1.54, 1.807) is 0 Å². The first-order valence-electron chi connectivity index (χ1n) is 9.30. The SMILES string of the molecule is NC(Cc1ccccc1)C(=O)Nc1ccc2c(c1)nc1n2CCCCC1. The summed E-state index contributed by atoms with van der Waals surface area (Å²) < 4.78 is 2.31. The van der Waals surface area contributed by atoms with Crippen LogP contribution in [0.3, 0.4) is 0 Å². The molecule has 4 rings (SSSR count). The first-order valence-corrected chi connectivity index (χ1v) is 9.30. The Morgan fingerprint density at radius 1 is 1.15 bits per heavy atom. The van der Waals surface area contributed by atoms with E-state index in [0.717, 1.165) is 41.1 Å². The molecule has 0 bridgehead atoms. The van der Waals surface area contributed by atoms with Crippen molar-refractivity contribution in [3.63, 3.8) is 0 Å². The molecule has 26 heavy (non-hydrogen) atoms. The number of anilines is 1. The number of nitrogens with one attached hydrogen (secondary N) is 1. The van der Waals surface area contributed by atoms with Gasteiger partial charge in [-0.2, -0.15) is 0 Å². The van der Waals surface area contributed by atoms with Crippen LogP contribution in [0.25, 0.3) is 11.0 Å². The van der Waals surface area contributed by atoms with E-state index in [0.29, 0.717) is 6.42 Å². The lowest BCUT2D eigenvalue weighted by Gasteiger charge is -2.12. The summed E-state index contributed by atoms with van der Waals surface area (Å²) in [7, 11) is 0. The predicted octanol–water partition coefficient (Wildman–Crippen LogP) is 3.27. The van der Waals surface area contributed by atoms with Crippen LogP contribution in [0.4, 0.5) is 5.69 Å². The molecule has 1 aliphatic rings. The highest BCUT2D eigenvalue weighted by molar-refractivity contribution is 5.96. The lowest BCUT2D eigenvalue weighted by atomic mass is 10.1. The Kier molecular flexibility index (Phi) is 4.71. The molecule has 2 aromatic carbocycles. The molecule has 0 radical (unpaired) electrons. The molecule has 2 heterocycles. The molecule has 5 heteroatoms. The Morgan fingerprint density at radius 3 is 2.85 bits per heavy atom. The van der Waals surface area contributed by atoms with Crippen LogP contribution >= 0.6 is 0 Å². The van der Waals surface area contributed by atoms with Crippen molar-refractivity contribution in [2.45, 2.75) is 44.7 Å². The molecule has 3 N–H and O–H groups in total. The topological polar surface area (TPSA) is 72.9 Å². The Labute approximate surface area is 153 Å². The summed E-state index contributed by atoms with van der Waals surface area (Å²) in [5.41, 5.74) is 9.97. The van der Waals surface area contributed by atoms with Crippen molar-refractivity contribution >= 4 is 22.6 Å². The number of aromatic nitrogens is 2. The van der Waals surface area contributed by atoms with E-state index in [1.807, 2.05) is 42.5 Å². The Bertz CT molecular complexity index is 916. The molecule has 0 saturated carbocycles. The molecule has 0 saturated heterocycles. The smallest absolute Gasteiger partial charge is 0.241 e. The van der Waals surface area contributed by atoms with E-state index in [2.05, 4.69) is 16.0 Å². The normalized spacial score (nSPS) is 15.3. The van der Waals surface area contributed by atoms with Gasteiger partial charge in [0.05, 0.1) is 17.1 Å². The number of rotatable bonds is 4. The van der Waals surface area contributed by atoms with Gasteiger partial charge in [-0.1, -0.05) is 36.8 Å². The fraction of sp³-hybridized carbons (Fsp3) is 0.333. The maximum absolute atomic E-state index is 12.4. The quantitative estimate of drug-likeness (QED) is 0.760. The highest BCUT2D eigenvalue weighted by Gasteiger charge is 2.16. The molecule has 1 aliphatic heterocycles. The number of carbonyl (C=O) groups excluding carboxylic acids is 1. The second-order valence-electron chi connectivity index (χ2n) is 6.98. The van der Waals surface area contributed by atoms with Gasteiger partial charge < -0.3 is 15.6 Å². The minimum absolute atomic E-state index is 0.172. The highest BCUT2D eigenvalue weighted by atomic mass is 16.2. The van der Waals surface area contributed by atoms with Crippen LogP contribution in [0.1, 0.15) is 30.7 Å². The van der Waals surface area contributed by atoms with Crippen LogP contribution in [-0.2, 0) is 24.2 Å². The fourth-order valence-corrected chi connectivity index (χ4v) is 3.62. The lowest BCUT2D eigenvalue weighted by molar-refractivity contribution is -0.117. The minimum atomic E-state index is -0.577. The third-order valence-corrected chi connectivity index (χ3v) is 5.01. The number of fused-ring (bicyclic) bond motifs is 3. The van der Waals surface area contributed by atoms with E-state index >= 15 is 0 Å². The number of nitrogens with zero attached hydrogens (tertiary/aromatic N) is 2. The zero-order chi connectivity index (χ0) is 17.9. The number of benzene rings is 2. The number of aryl methyl sites for hydroxylation is 2. The highest BCUT2D eigenvalue weighted by Crippen LogP contribution is 2.24. The van der Waals surface area contributed by atoms with Crippen molar-refractivity contribution in [3.8, 4) is 0 Å². The number of carbonyl (C=O) groups is 1.